The average molecular weight is 438 g/mol. The Morgan fingerprint density at radius 3 is 2.55 bits per heavy atom. The Balaban J connectivity index is 1.86. The lowest BCUT2D eigenvalue weighted by Gasteiger charge is -2.32. The van der Waals surface area contributed by atoms with Gasteiger partial charge in [-0.15, -0.1) is 0 Å². The number of hydrogen-bond acceptors (Lipinski definition) is 4. The van der Waals surface area contributed by atoms with Crippen LogP contribution in [-0.4, -0.2) is 43.1 Å². The van der Waals surface area contributed by atoms with Crippen molar-refractivity contribution >= 4 is 27.6 Å². The van der Waals surface area contributed by atoms with Crippen molar-refractivity contribution in [3.05, 3.63) is 64.2 Å². The van der Waals surface area contributed by atoms with Gasteiger partial charge >= 0.3 is 5.97 Å². The van der Waals surface area contributed by atoms with Gasteiger partial charge in [0.15, 0.2) is 0 Å². The van der Waals surface area contributed by atoms with E-state index < -0.39 is 16.0 Å². The molecule has 8 heteroatoms. The fraction of sp³-hybridized carbons (Fsp3) is 0.381. The van der Waals surface area contributed by atoms with Crippen molar-refractivity contribution in [2.45, 2.75) is 31.8 Å². The van der Waals surface area contributed by atoms with E-state index in [1.54, 1.807) is 24.3 Å². The molecule has 156 valence electrons. The van der Waals surface area contributed by atoms with E-state index >= 15 is 0 Å². The minimum absolute atomic E-state index is 0.0487. The van der Waals surface area contributed by atoms with E-state index in [1.165, 1.54) is 10.6 Å². The number of piperidine rings is 1. The molecule has 1 aliphatic rings. The number of aliphatic carboxylic acids is 1. The molecule has 1 saturated heterocycles. The number of benzene rings is 2. The SMILES string of the molecule is CS(=O)(=O)N1CCCC(c2cc(CC(=O)O)ccc2OCc2ccc(Cl)cc2)C1. The van der Waals surface area contributed by atoms with Crippen LogP contribution in [0.15, 0.2) is 42.5 Å². The highest BCUT2D eigenvalue weighted by atomic mass is 35.5. The van der Waals surface area contributed by atoms with Crippen LogP contribution in [0.3, 0.4) is 0 Å². The lowest BCUT2D eigenvalue weighted by molar-refractivity contribution is -0.136. The first-order valence-electron chi connectivity index (χ1n) is 9.39. The Bertz CT molecular complexity index is 975. The molecule has 1 unspecified atom stereocenters. The van der Waals surface area contributed by atoms with E-state index in [9.17, 15) is 13.2 Å². The molecule has 2 aromatic rings. The predicted molar refractivity (Wildman–Crippen MR) is 112 cm³/mol. The van der Waals surface area contributed by atoms with Crippen molar-refractivity contribution in [2.75, 3.05) is 19.3 Å². The Kier molecular flexibility index (Phi) is 6.82. The Morgan fingerprint density at radius 2 is 1.90 bits per heavy atom. The molecule has 29 heavy (non-hydrogen) atoms. The lowest BCUT2D eigenvalue weighted by Crippen LogP contribution is -2.38. The summed E-state index contributed by atoms with van der Waals surface area (Å²) in [6.45, 7) is 1.21. The van der Waals surface area contributed by atoms with Crippen LogP contribution < -0.4 is 4.74 Å². The summed E-state index contributed by atoms with van der Waals surface area (Å²) in [5, 5.41) is 9.78. The first-order chi connectivity index (χ1) is 13.7. The molecule has 3 rings (SSSR count). The summed E-state index contributed by atoms with van der Waals surface area (Å²) in [4.78, 5) is 11.1. The summed E-state index contributed by atoms with van der Waals surface area (Å²) < 4.78 is 31.5. The van der Waals surface area contributed by atoms with Crippen LogP contribution in [-0.2, 0) is 27.8 Å². The molecule has 1 N–H and O–H groups in total. The molecule has 1 atom stereocenters. The van der Waals surface area contributed by atoms with Gasteiger partial charge < -0.3 is 9.84 Å². The number of halogens is 1. The van der Waals surface area contributed by atoms with E-state index in [0.717, 1.165) is 24.0 Å². The molecule has 0 aromatic heterocycles. The molecule has 1 heterocycles. The van der Waals surface area contributed by atoms with Gasteiger partial charge in [0.25, 0.3) is 0 Å². The van der Waals surface area contributed by atoms with Gasteiger partial charge in [-0.3, -0.25) is 4.79 Å². The van der Waals surface area contributed by atoms with E-state index in [2.05, 4.69) is 0 Å². The normalized spacial score (nSPS) is 17.8. The highest BCUT2D eigenvalue weighted by molar-refractivity contribution is 7.88. The average Bonchev–Trinajstić information content (AvgIpc) is 2.67. The molecule has 0 amide bonds. The molecule has 1 fully saturated rings. The molecule has 0 spiro atoms. The summed E-state index contributed by atoms with van der Waals surface area (Å²) >= 11 is 5.92. The summed E-state index contributed by atoms with van der Waals surface area (Å²) in [5.41, 5.74) is 2.48. The quantitative estimate of drug-likeness (QED) is 0.714. The molecular weight excluding hydrogens is 414 g/mol. The fourth-order valence-electron chi connectivity index (χ4n) is 3.57. The van der Waals surface area contributed by atoms with Crippen molar-refractivity contribution in [3.63, 3.8) is 0 Å². The molecule has 0 aliphatic carbocycles. The smallest absolute Gasteiger partial charge is 0.307 e. The molecule has 2 aromatic carbocycles. The predicted octanol–water partition coefficient (Wildman–Crippen LogP) is 3.69. The standard InChI is InChI=1S/C21H24ClNO5S/c1-29(26,27)23-10-2-3-17(13-23)19-11-16(12-21(24)25)6-9-20(19)28-14-15-4-7-18(22)8-5-15/h4-9,11,17H,2-3,10,12-14H2,1H3,(H,24,25). The van der Waals surface area contributed by atoms with Gasteiger partial charge in [-0.1, -0.05) is 35.9 Å². The van der Waals surface area contributed by atoms with E-state index in [-0.39, 0.29) is 12.3 Å². The van der Waals surface area contributed by atoms with E-state index in [0.29, 0.717) is 36.0 Å². The van der Waals surface area contributed by atoms with E-state index in [4.69, 9.17) is 21.4 Å². The maximum absolute atomic E-state index is 12.0. The Labute approximate surface area is 176 Å². The molecule has 0 bridgehead atoms. The lowest BCUT2D eigenvalue weighted by atomic mass is 9.89. The second kappa shape index (κ2) is 9.15. The van der Waals surface area contributed by atoms with Crippen LogP contribution in [0.2, 0.25) is 5.02 Å². The summed E-state index contributed by atoms with van der Waals surface area (Å²) in [6, 6.07) is 12.7. The molecular formula is C21H24ClNO5S. The van der Waals surface area contributed by atoms with Crippen molar-refractivity contribution in [2.24, 2.45) is 0 Å². The van der Waals surface area contributed by atoms with Crippen molar-refractivity contribution in [1.82, 2.24) is 4.31 Å². The number of nitrogens with zero attached hydrogens (tertiary/aromatic N) is 1. The van der Waals surface area contributed by atoms with Crippen LogP contribution in [0.1, 0.15) is 35.4 Å². The highest BCUT2D eigenvalue weighted by Gasteiger charge is 2.29. The van der Waals surface area contributed by atoms with Crippen LogP contribution in [0.4, 0.5) is 0 Å². The van der Waals surface area contributed by atoms with Gasteiger partial charge in [0, 0.05) is 24.0 Å². The zero-order valence-corrected chi connectivity index (χ0v) is 17.7. The Hall–Kier alpha value is -2.09. The molecule has 0 saturated carbocycles. The fourth-order valence-corrected chi connectivity index (χ4v) is 4.61. The topological polar surface area (TPSA) is 83.9 Å². The maximum atomic E-state index is 12.0. The van der Waals surface area contributed by atoms with Crippen LogP contribution in [0.5, 0.6) is 5.75 Å². The second-order valence-electron chi connectivity index (χ2n) is 7.32. The summed E-state index contributed by atoms with van der Waals surface area (Å²) in [6.07, 6.45) is 2.69. The number of carbonyl (C=O) groups is 1. The maximum Gasteiger partial charge on any atom is 0.307 e. The van der Waals surface area contributed by atoms with E-state index in [1.807, 2.05) is 18.2 Å². The van der Waals surface area contributed by atoms with Gasteiger partial charge in [-0.05, 0) is 47.7 Å². The van der Waals surface area contributed by atoms with Gasteiger partial charge in [0.05, 0.1) is 12.7 Å². The zero-order chi connectivity index (χ0) is 21.0. The van der Waals surface area contributed by atoms with Crippen molar-refractivity contribution < 1.29 is 23.1 Å². The first-order valence-corrected chi connectivity index (χ1v) is 11.6. The monoisotopic (exact) mass is 437 g/mol. The molecule has 0 radical (unpaired) electrons. The van der Waals surface area contributed by atoms with Crippen molar-refractivity contribution in [3.8, 4) is 5.75 Å². The molecule has 6 nitrogen and oxygen atoms in total. The number of ether oxygens (including phenoxy) is 1. The largest absolute Gasteiger partial charge is 0.489 e. The number of hydrogen-bond donors (Lipinski definition) is 1. The highest BCUT2D eigenvalue weighted by Crippen LogP contribution is 2.35. The summed E-state index contributed by atoms with van der Waals surface area (Å²) in [7, 11) is -3.28. The van der Waals surface area contributed by atoms with Crippen LogP contribution >= 0.6 is 11.6 Å². The minimum atomic E-state index is -3.28. The van der Waals surface area contributed by atoms with Crippen molar-refractivity contribution in [1.29, 1.82) is 0 Å². The first kappa shape index (κ1) is 21.6. The summed E-state index contributed by atoms with van der Waals surface area (Å²) in [5.74, 6) is -0.311. The van der Waals surface area contributed by atoms with Gasteiger partial charge in [-0.25, -0.2) is 12.7 Å². The second-order valence-corrected chi connectivity index (χ2v) is 9.74. The Morgan fingerprint density at radius 1 is 1.21 bits per heavy atom. The van der Waals surface area contributed by atoms with Crippen LogP contribution in [0, 0.1) is 0 Å². The number of carboxylic acids is 1. The van der Waals surface area contributed by atoms with Crippen LogP contribution in [0.25, 0.3) is 0 Å². The number of rotatable bonds is 7. The zero-order valence-electron chi connectivity index (χ0n) is 16.2. The third-order valence-corrected chi connectivity index (χ3v) is 6.55. The number of carboxylic acid groups (broad SMARTS) is 1. The van der Waals surface area contributed by atoms with Gasteiger partial charge in [-0.2, -0.15) is 0 Å². The third-order valence-electron chi connectivity index (χ3n) is 5.03. The number of sulfonamides is 1. The van der Waals surface area contributed by atoms with Gasteiger partial charge in [0.1, 0.15) is 12.4 Å². The third kappa shape index (κ3) is 5.95. The van der Waals surface area contributed by atoms with Gasteiger partial charge in [0.2, 0.25) is 10.0 Å². The molecule has 1 aliphatic heterocycles. The minimum Gasteiger partial charge on any atom is -0.489 e.